The van der Waals surface area contributed by atoms with Crippen molar-refractivity contribution in [3.63, 3.8) is 0 Å². The standard InChI is InChI=1S/C10H10.C5H6O2/c1-3-9-7-5-6-8-10(9)4-2;1-3-5(6)7-4-2/h3-8H,1-2H2;3-4H,1-2H2. The average Bonchev–Trinajstić information content (AvgIpc) is 2.39. The normalized spacial score (nSPS) is 8.00. The quantitative estimate of drug-likeness (QED) is 0.444. The average molecular weight is 228 g/mol. The first kappa shape index (κ1) is 14.6. The van der Waals surface area contributed by atoms with Crippen LogP contribution in [0.1, 0.15) is 11.1 Å². The lowest BCUT2D eigenvalue weighted by molar-refractivity contribution is -0.132. The third-order valence-corrected chi connectivity index (χ3v) is 1.80. The minimum Gasteiger partial charge on any atom is -0.432 e. The fourth-order valence-electron chi connectivity index (χ4n) is 1.01. The topological polar surface area (TPSA) is 26.3 Å². The summed E-state index contributed by atoms with van der Waals surface area (Å²) < 4.78 is 4.20. The Bertz CT molecular complexity index is 390. The van der Waals surface area contributed by atoms with Gasteiger partial charge in [0.25, 0.3) is 0 Å². The molecule has 0 fully saturated rings. The molecule has 0 aliphatic heterocycles. The van der Waals surface area contributed by atoms with Gasteiger partial charge in [-0.05, 0) is 11.1 Å². The highest BCUT2D eigenvalue weighted by Gasteiger charge is 1.89. The van der Waals surface area contributed by atoms with E-state index in [-0.39, 0.29) is 0 Å². The van der Waals surface area contributed by atoms with E-state index < -0.39 is 5.97 Å². The van der Waals surface area contributed by atoms with Gasteiger partial charge in [0, 0.05) is 6.08 Å². The molecular formula is C15H16O2. The molecule has 88 valence electrons. The summed E-state index contributed by atoms with van der Waals surface area (Å²) in [6.45, 7) is 13.7. The highest BCUT2D eigenvalue weighted by atomic mass is 16.5. The van der Waals surface area contributed by atoms with Gasteiger partial charge in [-0.3, -0.25) is 0 Å². The van der Waals surface area contributed by atoms with Crippen LogP contribution in [0.2, 0.25) is 0 Å². The molecule has 0 bridgehead atoms. The van der Waals surface area contributed by atoms with E-state index in [0.717, 1.165) is 23.5 Å². The van der Waals surface area contributed by atoms with Crippen molar-refractivity contribution in [2.75, 3.05) is 0 Å². The third kappa shape index (κ3) is 5.95. The summed E-state index contributed by atoms with van der Waals surface area (Å²) in [5.41, 5.74) is 2.27. The zero-order valence-electron chi connectivity index (χ0n) is 9.76. The van der Waals surface area contributed by atoms with Crippen molar-refractivity contribution in [1.29, 1.82) is 0 Å². The Balaban J connectivity index is 0.000000325. The Kier molecular flexibility index (Phi) is 7.69. The summed E-state index contributed by atoms with van der Waals surface area (Å²) in [7, 11) is 0. The molecule has 0 aromatic heterocycles. The zero-order valence-corrected chi connectivity index (χ0v) is 9.76. The molecule has 17 heavy (non-hydrogen) atoms. The minimum absolute atomic E-state index is 0.477. The van der Waals surface area contributed by atoms with Crippen LogP contribution in [0.5, 0.6) is 0 Å². The molecule has 0 heterocycles. The number of ether oxygens (including phenoxy) is 1. The summed E-state index contributed by atoms with van der Waals surface area (Å²) in [4.78, 5) is 10.0. The lowest BCUT2D eigenvalue weighted by Crippen LogP contribution is -1.90. The number of carbonyl (C=O) groups excluding carboxylic acids is 1. The Morgan fingerprint density at radius 3 is 1.71 bits per heavy atom. The summed E-state index contributed by atoms with van der Waals surface area (Å²) in [6.07, 6.45) is 5.79. The molecule has 2 nitrogen and oxygen atoms in total. The van der Waals surface area contributed by atoms with Crippen molar-refractivity contribution >= 4 is 18.1 Å². The molecule has 0 atom stereocenters. The van der Waals surface area contributed by atoms with Crippen molar-refractivity contribution in [2.45, 2.75) is 0 Å². The minimum atomic E-state index is -0.477. The predicted molar refractivity (Wildman–Crippen MR) is 73.1 cm³/mol. The molecule has 0 N–H and O–H groups in total. The molecule has 0 saturated heterocycles. The van der Waals surface area contributed by atoms with E-state index in [9.17, 15) is 4.79 Å². The predicted octanol–water partition coefficient (Wildman–Crippen LogP) is 3.83. The van der Waals surface area contributed by atoms with Crippen LogP contribution in [0.15, 0.2) is 62.9 Å². The van der Waals surface area contributed by atoms with Gasteiger partial charge in [0.2, 0.25) is 0 Å². The fraction of sp³-hybridized carbons (Fsp3) is 0. The van der Waals surface area contributed by atoms with E-state index >= 15 is 0 Å². The van der Waals surface area contributed by atoms with Crippen molar-refractivity contribution in [3.8, 4) is 0 Å². The highest BCUT2D eigenvalue weighted by molar-refractivity contribution is 5.81. The SMILES string of the molecule is C=COC(=O)C=C.C=Cc1ccccc1C=C. The Morgan fingerprint density at radius 1 is 1.00 bits per heavy atom. The van der Waals surface area contributed by atoms with E-state index in [1.165, 1.54) is 0 Å². The van der Waals surface area contributed by atoms with Crippen LogP contribution in [0, 0.1) is 0 Å². The van der Waals surface area contributed by atoms with Crippen molar-refractivity contribution < 1.29 is 9.53 Å². The van der Waals surface area contributed by atoms with E-state index in [0.29, 0.717) is 0 Å². The second-order valence-corrected chi connectivity index (χ2v) is 2.84. The molecule has 1 aromatic carbocycles. The van der Waals surface area contributed by atoms with Gasteiger partial charge >= 0.3 is 5.97 Å². The highest BCUT2D eigenvalue weighted by Crippen LogP contribution is 2.10. The van der Waals surface area contributed by atoms with Gasteiger partial charge in [-0.2, -0.15) is 0 Å². The molecule has 0 saturated carbocycles. The molecule has 0 radical (unpaired) electrons. The Hall–Kier alpha value is -2.35. The van der Waals surface area contributed by atoms with Gasteiger partial charge in [0.05, 0.1) is 6.26 Å². The van der Waals surface area contributed by atoms with Gasteiger partial charge in [0.1, 0.15) is 0 Å². The molecular weight excluding hydrogens is 212 g/mol. The van der Waals surface area contributed by atoms with Crippen LogP contribution in [0.4, 0.5) is 0 Å². The van der Waals surface area contributed by atoms with E-state index in [2.05, 4.69) is 31.1 Å². The van der Waals surface area contributed by atoms with Crippen molar-refractivity contribution in [3.05, 3.63) is 74.0 Å². The number of hydrogen-bond donors (Lipinski definition) is 0. The number of rotatable bonds is 4. The maximum atomic E-state index is 10.0. The van der Waals surface area contributed by atoms with Crippen molar-refractivity contribution in [1.82, 2.24) is 0 Å². The second-order valence-electron chi connectivity index (χ2n) is 2.84. The van der Waals surface area contributed by atoms with Gasteiger partial charge < -0.3 is 4.74 Å². The van der Waals surface area contributed by atoms with Gasteiger partial charge in [-0.15, -0.1) is 0 Å². The van der Waals surface area contributed by atoms with Crippen LogP contribution < -0.4 is 0 Å². The molecule has 0 spiro atoms. The number of carbonyl (C=O) groups is 1. The van der Waals surface area contributed by atoms with Crippen LogP contribution in [0.25, 0.3) is 12.2 Å². The van der Waals surface area contributed by atoms with E-state index in [1.54, 1.807) is 0 Å². The maximum Gasteiger partial charge on any atom is 0.334 e. The third-order valence-electron chi connectivity index (χ3n) is 1.80. The molecule has 0 aliphatic rings. The summed E-state index contributed by atoms with van der Waals surface area (Å²) in [5.74, 6) is -0.477. The number of benzene rings is 1. The first-order valence-corrected chi connectivity index (χ1v) is 4.97. The molecule has 0 aliphatic carbocycles. The van der Waals surface area contributed by atoms with Gasteiger partial charge in [-0.1, -0.05) is 62.7 Å². The molecule has 1 aromatic rings. The summed E-state index contributed by atoms with van der Waals surface area (Å²) >= 11 is 0. The first-order chi connectivity index (χ1) is 8.19. The van der Waals surface area contributed by atoms with Gasteiger partial charge in [0.15, 0.2) is 0 Å². The first-order valence-electron chi connectivity index (χ1n) is 4.97. The number of hydrogen-bond acceptors (Lipinski definition) is 2. The lowest BCUT2D eigenvalue weighted by atomic mass is 10.1. The molecule has 0 unspecified atom stereocenters. The van der Waals surface area contributed by atoms with E-state index in [1.807, 2.05) is 36.4 Å². The van der Waals surface area contributed by atoms with Crippen molar-refractivity contribution in [2.24, 2.45) is 0 Å². The molecule has 0 amide bonds. The van der Waals surface area contributed by atoms with E-state index in [4.69, 9.17) is 0 Å². The van der Waals surface area contributed by atoms with Gasteiger partial charge in [-0.25, -0.2) is 4.79 Å². The Morgan fingerprint density at radius 2 is 1.47 bits per heavy atom. The fourth-order valence-corrected chi connectivity index (χ4v) is 1.01. The smallest absolute Gasteiger partial charge is 0.334 e. The van der Waals surface area contributed by atoms with Crippen LogP contribution in [-0.2, 0) is 9.53 Å². The monoisotopic (exact) mass is 228 g/mol. The number of esters is 1. The summed E-state index contributed by atoms with van der Waals surface area (Å²) in [6, 6.07) is 8.02. The maximum absolute atomic E-state index is 10.0. The lowest BCUT2D eigenvalue weighted by Gasteiger charge is -1.96. The second kappa shape index (κ2) is 8.92. The zero-order chi connectivity index (χ0) is 13.1. The Labute approximate surface area is 102 Å². The van der Waals surface area contributed by atoms with Crippen LogP contribution >= 0.6 is 0 Å². The van der Waals surface area contributed by atoms with Crippen LogP contribution in [0.3, 0.4) is 0 Å². The largest absolute Gasteiger partial charge is 0.432 e. The summed E-state index contributed by atoms with van der Waals surface area (Å²) in [5, 5.41) is 0. The molecule has 2 heteroatoms. The molecule has 1 rings (SSSR count). The van der Waals surface area contributed by atoms with Crippen LogP contribution in [-0.4, -0.2) is 5.97 Å².